The summed E-state index contributed by atoms with van der Waals surface area (Å²) >= 11 is 9.44. The molecule has 2 aromatic rings. The van der Waals surface area contributed by atoms with Gasteiger partial charge in [-0.15, -0.1) is 0 Å². The lowest BCUT2D eigenvalue weighted by Gasteiger charge is -2.21. The molecule has 0 bridgehead atoms. The van der Waals surface area contributed by atoms with Crippen LogP contribution in [0.25, 0.3) is 0 Å². The monoisotopic (exact) mass is 369 g/mol. The van der Waals surface area contributed by atoms with E-state index in [-0.39, 0.29) is 17.9 Å². The Balaban J connectivity index is 2.02. The first kappa shape index (κ1) is 16.5. The van der Waals surface area contributed by atoms with Crippen molar-refractivity contribution in [3.05, 3.63) is 68.9 Å². The quantitative estimate of drug-likeness (QED) is 0.730. The Labute approximate surface area is 138 Å². The zero-order chi connectivity index (χ0) is 15.4. The minimum Gasteiger partial charge on any atom is -0.307 e. The van der Waals surface area contributed by atoms with Crippen LogP contribution in [0.15, 0.2) is 46.9 Å². The molecule has 0 amide bonds. The van der Waals surface area contributed by atoms with Gasteiger partial charge in [0.2, 0.25) is 0 Å². The van der Waals surface area contributed by atoms with Gasteiger partial charge in [0, 0.05) is 27.1 Å². The van der Waals surface area contributed by atoms with Crippen molar-refractivity contribution in [3.63, 3.8) is 0 Å². The van der Waals surface area contributed by atoms with Crippen molar-refractivity contribution in [1.82, 2.24) is 5.32 Å². The zero-order valence-electron chi connectivity index (χ0n) is 12.0. The summed E-state index contributed by atoms with van der Waals surface area (Å²) in [6.07, 6.45) is 0.808. The number of nitrogens with one attached hydrogen (secondary N) is 1. The summed E-state index contributed by atoms with van der Waals surface area (Å²) in [4.78, 5) is 0. The Morgan fingerprint density at radius 1 is 1.19 bits per heavy atom. The highest BCUT2D eigenvalue weighted by molar-refractivity contribution is 9.10. The van der Waals surface area contributed by atoms with Gasteiger partial charge in [-0.3, -0.25) is 0 Å². The summed E-state index contributed by atoms with van der Waals surface area (Å²) in [5.74, 6) is -0.200. The highest BCUT2D eigenvalue weighted by Crippen LogP contribution is 2.22. The average Bonchev–Trinajstić information content (AvgIpc) is 2.41. The van der Waals surface area contributed by atoms with E-state index in [0.717, 1.165) is 21.5 Å². The first-order valence-corrected chi connectivity index (χ1v) is 8.09. The Kier molecular flexibility index (Phi) is 5.80. The molecule has 4 heteroatoms. The molecule has 2 atom stereocenters. The van der Waals surface area contributed by atoms with Gasteiger partial charge in [0.25, 0.3) is 0 Å². The fourth-order valence-corrected chi connectivity index (χ4v) is 2.97. The van der Waals surface area contributed by atoms with Gasteiger partial charge in [-0.2, -0.15) is 0 Å². The van der Waals surface area contributed by atoms with E-state index in [2.05, 4.69) is 28.2 Å². The van der Waals surface area contributed by atoms with E-state index in [1.807, 2.05) is 37.3 Å². The van der Waals surface area contributed by atoms with Crippen LogP contribution in [0.3, 0.4) is 0 Å². The molecule has 0 radical (unpaired) electrons. The third-order valence-corrected chi connectivity index (χ3v) is 4.31. The van der Waals surface area contributed by atoms with Gasteiger partial charge >= 0.3 is 0 Å². The van der Waals surface area contributed by atoms with Crippen LogP contribution in [0, 0.1) is 5.82 Å². The molecule has 0 fully saturated rings. The van der Waals surface area contributed by atoms with E-state index in [1.165, 1.54) is 6.07 Å². The molecule has 2 aromatic carbocycles. The average molecular weight is 371 g/mol. The van der Waals surface area contributed by atoms with E-state index in [1.54, 1.807) is 6.07 Å². The number of hydrogen-bond acceptors (Lipinski definition) is 1. The van der Waals surface area contributed by atoms with Crippen molar-refractivity contribution >= 4 is 27.5 Å². The van der Waals surface area contributed by atoms with E-state index < -0.39 is 0 Å². The molecule has 0 aliphatic carbocycles. The Hall–Kier alpha value is -0.900. The summed E-state index contributed by atoms with van der Waals surface area (Å²) in [6, 6.07) is 13.1. The molecule has 2 unspecified atom stereocenters. The minimum absolute atomic E-state index is 0.0596. The van der Waals surface area contributed by atoms with Gasteiger partial charge in [0.05, 0.1) is 0 Å². The number of halogens is 3. The molecule has 0 saturated carbocycles. The SMILES string of the molecule is CC(Cc1ccccc1Cl)NC(C)c1ccc(Br)cc1F. The van der Waals surface area contributed by atoms with Crippen LogP contribution in [0.4, 0.5) is 4.39 Å². The largest absolute Gasteiger partial charge is 0.307 e. The molecule has 0 aromatic heterocycles. The van der Waals surface area contributed by atoms with E-state index in [9.17, 15) is 4.39 Å². The van der Waals surface area contributed by atoms with E-state index in [4.69, 9.17) is 11.6 Å². The maximum absolute atomic E-state index is 14.0. The second-order valence-corrected chi connectivity index (χ2v) is 6.57. The van der Waals surface area contributed by atoms with Gasteiger partial charge in [0.1, 0.15) is 5.82 Å². The van der Waals surface area contributed by atoms with Crippen LogP contribution in [0.2, 0.25) is 5.02 Å². The van der Waals surface area contributed by atoms with Crippen molar-refractivity contribution in [2.75, 3.05) is 0 Å². The number of benzene rings is 2. The number of hydrogen-bond donors (Lipinski definition) is 1. The second-order valence-electron chi connectivity index (χ2n) is 5.25. The van der Waals surface area contributed by atoms with Gasteiger partial charge in [-0.25, -0.2) is 4.39 Å². The van der Waals surface area contributed by atoms with Gasteiger partial charge < -0.3 is 5.32 Å². The highest BCUT2D eigenvalue weighted by Gasteiger charge is 2.14. The summed E-state index contributed by atoms with van der Waals surface area (Å²) in [5.41, 5.74) is 1.77. The summed E-state index contributed by atoms with van der Waals surface area (Å²) in [5, 5.41) is 4.19. The predicted octanol–water partition coefficient (Wildman–Crippen LogP) is 5.52. The molecule has 21 heavy (non-hydrogen) atoms. The van der Waals surface area contributed by atoms with Crippen LogP contribution in [0.5, 0.6) is 0 Å². The molecule has 1 nitrogen and oxygen atoms in total. The maximum atomic E-state index is 14.0. The molecule has 112 valence electrons. The lowest BCUT2D eigenvalue weighted by atomic mass is 10.0. The molecular weight excluding hydrogens is 353 g/mol. The zero-order valence-corrected chi connectivity index (χ0v) is 14.4. The highest BCUT2D eigenvalue weighted by atomic mass is 79.9. The smallest absolute Gasteiger partial charge is 0.129 e. The molecule has 0 spiro atoms. The first-order valence-electron chi connectivity index (χ1n) is 6.91. The van der Waals surface area contributed by atoms with Gasteiger partial charge in [0.15, 0.2) is 0 Å². The summed E-state index contributed by atoms with van der Waals surface area (Å²) < 4.78 is 14.7. The normalized spacial score (nSPS) is 14.0. The Morgan fingerprint density at radius 3 is 2.57 bits per heavy atom. The second kappa shape index (κ2) is 7.39. The van der Waals surface area contributed by atoms with Crippen molar-refractivity contribution in [2.24, 2.45) is 0 Å². The topological polar surface area (TPSA) is 12.0 Å². The predicted molar refractivity (Wildman–Crippen MR) is 90.3 cm³/mol. The molecule has 0 saturated heterocycles. The standard InChI is InChI=1S/C17H18BrClFN/c1-11(9-13-5-3-4-6-16(13)19)21-12(2)15-8-7-14(18)10-17(15)20/h3-8,10-12,21H,9H2,1-2H3. The van der Waals surface area contributed by atoms with Gasteiger partial charge in [-0.1, -0.05) is 51.8 Å². The van der Waals surface area contributed by atoms with E-state index in [0.29, 0.717) is 5.56 Å². The maximum Gasteiger partial charge on any atom is 0.129 e. The first-order chi connectivity index (χ1) is 9.97. The van der Waals surface area contributed by atoms with Crippen molar-refractivity contribution in [1.29, 1.82) is 0 Å². The summed E-state index contributed by atoms with van der Waals surface area (Å²) in [6.45, 7) is 4.05. The fraction of sp³-hybridized carbons (Fsp3) is 0.294. The number of rotatable bonds is 5. The summed E-state index contributed by atoms with van der Waals surface area (Å²) in [7, 11) is 0. The van der Waals surface area contributed by atoms with Gasteiger partial charge in [-0.05, 0) is 44.0 Å². The molecule has 2 rings (SSSR count). The third-order valence-electron chi connectivity index (χ3n) is 3.45. The van der Waals surface area contributed by atoms with Crippen LogP contribution in [0.1, 0.15) is 31.0 Å². The van der Waals surface area contributed by atoms with Crippen LogP contribution in [-0.2, 0) is 6.42 Å². The van der Waals surface area contributed by atoms with E-state index >= 15 is 0 Å². The minimum atomic E-state index is -0.200. The third kappa shape index (κ3) is 4.53. The molecular formula is C17H18BrClFN. The lowest BCUT2D eigenvalue weighted by Crippen LogP contribution is -2.31. The van der Waals surface area contributed by atoms with Crippen molar-refractivity contribution in [2.45, 2.75) is 32.4 Å². The molecule has 0 heterocycles. The fourth-order valence-electron chi connectivity index (χ4n) is 2.42. The van der Waals surface area contributed by atoms with Crippen molar-refractivity contribution in [3.8, 4) is 0 Å². The molecule has 0 aliphatic rings. The Bertz CT molecular complexity index is 617. The van der Waals surface area contributed by atoms with Crippen LogP contribution >= 0.6 is 27.5 Å². The lowest BCUT2D eigenvalue weighted by molar-refractivity contribution is 0.460. The Morgan fingerprint density at radius 2 is 1.90 bits per heavy atom. The van der Waals surface area contributed by atoms with Crippen LogP contribution < -0.4 is 5.32 Å². The molecule has 0 aliphatic heterocycles. The van der Waals surface area contributed by atoms with Crippen LogP contribution in [-0.4, -0.2) is 6.04 Å². The van der Waals surface area contributed by atoms with Crippen molar-refractivity contribution < 1.29 is 4.39 Å². The molecule has 1 N–H and O–H groups in total.